The zero-order valence-electron chi connectivity index (χ0n) is 11.5. The Morgan fingerprint density at radius 3 is 2.35 bits per heavy atom. The molecule has 2 rings (SSSR count). The first kappa shape index (κ1) is 15.3. The van der Waals surface area contributed by atoms with Crippen LogP contribution in [-0.4, -0.2) is 12.9 Å². The van der Waals surface area contributed by atoms with E-state index in [1.165, 1.54) is 0 Å². The fourth-order valence-corrected chi connectivity index (χ4v) is 3.17. The minimum atomic E-state index is -0.0452. The number of halogens is 2. The molecule has 0 amide bonds. The van der Waals surface area contributed by atoms with E-state index in [1.54, 1.807) is 7.11 Å². The lowest BCUT2D eigenvalue weighted by Gasteiger charge is -2.15. The summed E-state index contributed by atoms with van der Waals surface area (Å²) in [6.45, 7) is 3.84. The molecule has 0 bridgehead atoms. The SMILES string of the molecule is COc1c(C)cc(Br)c(C)c1C(=O)c1ccccc1Br. The molecule has 2 aromatic carbocycles. The van der Waals surface area contributed by atoms with Crippen LogP contribution in [-0.2, 0) is 0 Å². The Morgan fingerprint density at radius 1 is 1.10 bits per heavy atom. The quantitative estimate of drug-likeness (QED) is 0.676. The lowest BCUT2D eigenvalue weighted by atomic mass is 9.96. The second-order valence-electron chi connectivity index (χ2n) is 4.52. The Morgan fingerprint density at radius 2 is 1.75 bits per heavy atom. The number of benzene rings is 2. The summed E-state index contributed by atoms with van der Waals surface area (Å²) in [5.74, 6) is 0.586. The summed E-state index contributed by atoms with van der Waals surface area (Å²) in [7, 11) is 1.59. The number of hydrogen-bond acceptors (Lipinski definition) is 2. The first-order valence-corrected chi connectivity index (χ1v) is 7.69. The van der Waals surface area contributed by atoms with Gasteiger partial charge in [-0.3, -0.25) is 4.79 Å². The summed E-state index contributed by atoms with van der Waals surface area (Å²) in [6.07, 6.45) is 0. The smallest absolute Gasteiger partial charge is 0.198 e. The lowest BCUT2D eigenvalue weighted by Crippen LogP contribution is -2.09. The Kier molecular flexibility index (Phi) is 4.66. The molecular weight excluding hydrogens is 384 g/mol. The highest BCUT2D eigenvalue weighted by atomic mass is 79.9. The fraction of sp³-hybridized carbons (Fsp3) is 0.188. The maximum absolute atomic E-state index is 12.8. The van der Waals surface area contributed by atoms with Crippen molar-refractivity contribution < 1.29 is 9.53 Å². The van der Waals surface area contributed by atoms with Crippen LogP contribution in [0.5, 0.6) is 5.75 Å². The Bertz CT molecular complexity index is 678. The number of hydrogen-bond donors (Lipinski definition) is 0. The van der Waals surface area contributed by atoms with Gasteiger partial charge in [0.1, 0.15) is 5.75 Å². The van der Waals surface area contributed by atoms with Gasteiger partial charge in [0.05, 0.1) is 12.7 Å². The van der Waals surface area contributed by atoms with E-state index in [-0.39, 0.29) is 5.78 Å². The summed E-state index contributed by atoms with van der Waals surface area (Å²) < 4.78 is 7.13. The molecule has 0 saturated carbocycles. The molecule has 0 aliphatic heterocycles. The summed E-state index contributed by atoms with van der Waals surface area (Å²) in [5, 5.41) is 0. The fourth-order valence-electron chi connectivity index (χ4n) is 2.17. The number of rotatable bonds is 3. The van der Waals surface area contributed by atoms with Crippen molar-refractivity contribution in [3.8, 4) is 5.75 Å². The molecule has 104 valence electrons. The van der Waals surface area contributed by atoms with Crippen molar-refractivity contribution in [1.29, 1.82) is 0 Å². The van der Waals surface area contributed by atoms with Crippen molar-refractivity contribution in [3.63, 3.8) is 0 Å². The van der Waals surface area contributed by atoms with Crippen LogP contribution in [0.2, 0.25) is 0 Å². The van der Waals surface area contributed by atoms with Gasteiger partial charge in [0, 0.05) is 14.5 Å². The van der Waals surface area contributed by atoms with Gasteiger partial charge in [-0.15, -0.1) is 0 Å². The van der Waals surface area contributed by atoms with E-state index in [0.29, 0.717) is 16.9 Å². The third kappa shape index (κ3) is 2.67. The van der Waals surface area contributed by atoms with Crippen LogP contribution < -0.4 is 4.74 Å². The molecule has 0 saturated heterocycles. The normalized spacial score (nSPS) is 10.4. The van der Waals surface area contributed by atoms with Crippen LogP contribution >= 0.6 is 31.9 Å². The molecular formula is C16H14Br2O2. The Labute approximate surface area is 135 Å². The number of ketones is 1. The molecule has 2 aromatic rings. The van der Waals surface area contributed by atoms with E-state index in [2.05, 4.69) is 31.9 Å². The van der Waals surface area contributed by atoms with Crippen LogP contribution in [0.15, 0.2) is 39.3 Å². The van der Waals surface area contributed by atoms with E-state index >= 15 is 0 Å². The van der Waals surface area contributed by atoms with Crippen LogP contribution in [0.3, 0.4) is 0 Å². The number of ether oxygens (including phenoxy) is 1. The highest BCUT2D eigenvalue weighted by molar-refractivity contribution is 9.10. The highest BCUT2D eigenvalue weighted by Gasteiger charge is 2.22. The van der Waals surface area contributed by atoms with E-state index in [9.17, 15) is 4.79 Å². The first-order chi connectivity index (χ1) is 9.47. The van der Waals surface area contributed by atoms with Crippen LogP contribution in [0.25, 0.3) is 0 Å². The van der Waals surface area contributed by atoms with Crippen LogP contribution in [0.1, 0.15) is 27.0 Å². The Balaban J connectivity index is 2.69. The predicted molar refractivity (Wildman–Crippen MR) is 87.7 cm³/mol. The molecule has 0 atom stereocenters. The lowest BCUT2D eigenvalue weighted by molar-refractivity contribution is 0.103. The van der Waals surface area contributed by atoms with E-state index in [1.807, 2.05) is 44.2 Å². The number of aryl methyl sites for hydroxylation is 1. The van der Waals surface area contributed by atoms with Crippen LogP contribution in [0, 0.1) is 13.8 Å². The van der Waals surface area contributed by atoms with E-state index in [4.69, 9.17) is 4.74 Å². The third-order valence-corrected chi connectivity index (χ3v) is 4.73. The van der Waals surface area contributed by atoms with Gasteiger partial charge in [0.2, 0.25) is 0 Å². The molecule has 0 radical (unpaired) electrons. The molecule has 0 spiro atoms. The molecule has 0 aromatic heterocycles. The molecule has 0 aliphatic rings. The van der Waals surface area contributed by atoms with Gasteiger partial charge in [0.25, 0.3) is 0 Å². The van der Waals surface area contributed by atoms with Gasteiger partial charge in [0.15, 0.2) is 5.78 Å². The van der Waals surface area contributed by atoms with Crippen molar-refractivity contribution in [2.45, 2.75) is 13.8 Å². The largest absolute Gasteiger partial charge is 0.496 e. The third-order valence-electron chi connectivity index (χ3n) is 3.21. The predicted octanol–water partition coefficient (Wildman–Crippen LogP) is 5.07. The summed E-state index contributed by atoms with van der Waals surface area (Å²) >= 11 is 6.93. The number of carbonyl (C=O) groups is 1. The van der Waals surface area contributed by atoms with Crippen molar-refractivity contribution in [2.24, 2.45) is 0 Å². The zero-order chi connectivity index (χ0) is 14.9. The topological polar surface area (TPSA) is 26.3 Å². The highest BCUT2D eigenvalue weighted by Crippen LogP contribution is 2.34. The second kappa shape index (κ2) is 6.10. The molecule has 2 nitrogen and oxygen atoms in total. The van der Waals surface area contributed by atoms with Crippen molar-refractivity contribution >= 4 is 37.6 Å². The van der Waals surface area contributed by atoms with Crippen LogP contribution in [0.4, 0.5) is 0 Å². The minimum absolute atomic E-state index is 0.0452. The average Bonchev–Trinajstić information content (AvgIpc) is 2.42. The summed E-state index contributed by atoms with van der Waals surface area (Å²) in [4.78, 5) is 12.8. The minimum Gasteiger partial charge on any atom is -0.496 e. The van der Waals surface area contributed by atoms with Gasteiger partial charge in [-0.2, -0.15) is 0 Å². The Hall–Kier alpha value is -1.13. The van der Waals surface area contributed by atoms with Gasteiger partial charge in [-0.05, 0) is 43.2 Å². The number of methoxy groups -OCH3 is 1. The summed E-state index contributed by atoms with van der Waals surface area (Å²) in [6, 6.07) is 9.37. The summed E-state index contributed by atoms with van der Waals surface area (Å²) in [5.41, 5.74) is 3.05. The molecule has 0 heterocycles. The maximum atomic E-state index is 12.8. The molecule has 0 aliphatic carbocycles. The molecule has 20 heavy (non-hydrogen) atoms. The van der Waals surface area contributed by atoms with E-state index < -0.39 is 0 Å². The van der Waals surface area contributed by atoms with Gasteiger partial charge in [-0.25, -0.2) is 0 Å². The van der Waals surface area contributed by atoms with E-state index in [0.717, 1.165) is 20.1 Å². The van der Waals surface area contributed by atoms with Crippen molar-refractivity contribution in [1.82, 2.24) is 0 Å². The molecule has 0 N–H and O–H groups in total. The average molecular weight is 398 g/mol. The maximum Gasteiger partial charge on any atom is 0.198 e. The molecule has 0 fully saturated rings. The first-order valence-electron chi connectivity index (χ1n) is 6.10. The zero-order valence-corrected chi connectivity index (χ0v) is 14.6. The van der Waals surface area contributed by atoms with Crippen molar-refractivity contribution in [3.05, 3.63) is 61.5 Å². The standard InChI is InChI=1S/C16H14Br2O2/c1-9-8-13(18)10(2)14(16(9)20-3)15(19)11-6-4-5-7-12(11)17/h4-8H,1-3H3. The van der Waals surface area contributed by atoms with Gasteiger partial charge >= 0.3 is 0 Å². The number of carbonyl (C=O) groups excluding carboxylic acids is 1. The molecule has 4 heteroatoms. The second-order valence-corrected chi connectivity index (χ2v) is 6.23. The monoisotopic (exact) mass is 396 g/mol. The van der Waals surface area contributed by atoms with Gasteiger partial charge < -0.3 is 4.74 Å². The molecule has 0 unspecified atom stereocenters. The van der Waals surface area contributed by atoms with Gasteiger partial charge in [-0.1, -0.05) is 44.0 Å². The van der Waals surface area contributed by atoms with Crippen molar-refractivity contribution in [2.75, 3.05) is 7.11 Å².